The van der Waals surface area contributed by atoms with Gasteiger partial charge in [0, 0.05) is 11.6 Å². The van der Waals surface area contributed by atoms with Crippen molar-refractivity contribution in [3.63, 3.8) is 0 Å². The van der Waals surface area contributed by atoms with Crippen molar-refractivity contribution in [3.8, 4) is 11.3 Å². The zero-order valence-corrected chi connectivity index (χ0v) is 15.5. The normalized spacial score (nSPS) is 11.5. The number of aromatic nitrogens is 2. The third-order valence-corrected chi connectivity index (χ3v) is 5.78. The van der Waals surface area contributed by atoms with E-state index in [9.17, 15) is 8.42 Å². The van der Waals surface area contributed by atoms with Crippen LogP contribution in [-0.2, 0) is 10.0 Å². The first-order valence-electron chi connectivity index (χ1n) is 8.00. The van der Waals surface area contributed by atoms with E-state index in [0.29, 0.717) is 4.90 Å². The molecular weight excluding hydrogens is 334 g/mol. The molecule has 130 valence electrons. The van der Waals surface area contributed by atoms with E-state index in [1.807, 2.05) is 50.2 Å². The van der Waals surface area contributed by atoms with Crippen LogP contribution in [-0.4, -0.2) is 18.6 Å². The first-order chi connectivity index (χ1) is 11.8. The van der Waals surface area contributed by atoms with Crippen LogP contribution in [0.2, 0.25) is 0 Å². The predicted octanol–water partition coefficient (Wildman–Crippen LogP) is 4.11. The van der Waals surface area contributed by atoms with Crippen molar-refractivity contribution in [1.29, 1.82) is 0 Å². The van der Waals surface area contributed by atoms with Crippen LogP contribution in [0.4, 0.5) is 5.82 Å². The van der Waals surface area contributed by atoms with Gasteiger partial charge < -0.3 is 0 Å². The third-order valence-electron chi connectivity index (χ3n) is 4.13. The lowest BCUT2D eigenvalue weighted by Crippen LogP contribution is -2.16. The highest BCUT2D eigenvalue weighted by Crippen LogP contribution is 2.26. The summed E-state index contributed by atoms with van der Waals surface area (Å²) in [4.78, 5) is 0.304. The van der Waals surface area contributed by atoms with Crippen LogP contribution in [0.15, 0.2) is 47.4 Å². The Morgan fingerprint density at radius 1 is 0.920 bits per heavy atom. The minimum Gasteiger partial charge on any atom is -0.276 e. The third kappa shape index (κ3) is 3.44. The Balaban J connectivity index is 1.94. The molecule has 3 aromatic rings. The maximum atomic E-state index is 12.8. The highest BCUT2D eigenvalue weighted by atomic mass is 32.2. The molecule has 0 atom stereocenters. The standard InChI is InChI=1S/C19H21N3O2S/c1-12-9-14(3)19(15(4)10-12)25(23,24)22-18-11-17(20-21-18)16-8-6-5-7-13(16)2/h5-11H,1-4H3,(H2,20,21,22). The number of nitrogens with one attached hydrogen (secondary N) is 2. The largest absolute Gasteiger partial charge is 0.276 e. The monoisotopic (exact) mass is 355 g/mol. The number of hydrogen-bond donors (Lipinski definition) is 2. The molecule has 0 saturated carbocycles. The maximum absolute atomic E-state index is 12.8. The Bertz CT molecular complexity index is 1010. The van der Waals surface area contributed by atoms with Gasteiger partial charge in [-0.2, -0.15) is 5.10 Å². The fourth-order valence-corrected chi connectivity index (χ4v) is 4.61. The summed E-state index contributed by atoms with van der Waals surface area (Å²) in [6, 6.07) is 13.3. The Labute approximate surface area is 148 Å². The molecule has 0 aliphatic heterocycles. The number of nitrogens with zero attached hydrogens (tertiary/aromatic N) is 1. The van der Waals surface area contributed by atoms with Crippen LogP contribution >= 0.6 is 0 Å². The Hall–Kier alpha value is -2.60. The van der Waals surface area contributed by atoms with Gasteiger partial charge in [0.15, 0.2) is 5.82 Å². The summed E-state index contributed by atoms with van der Waals surface area (Å²) in [5.41, 5.74) is 5.33. The summed E-state index contributed by atoms with van der Waals surface area (Å²) in [7, 11) is -3.70. The van der Waals surface area contributed by atoms with E-state index < -0.39 is 10.0 Å². The lowest BCUT2D eigenvalue weighted by Gasteiger charge is -2.12. The van der Waals surface area contributed by atoms with E-state index in [1.54, 1.807) is 19.9 Å². The van der Waals surface area contributed by atoms with E-state index in [2.05, 4.69) is 14.9 Å². The van der Waals surface area contributed by atoms with Gasteiger partial charge in [-0.25, -0.2) is 8.42 Å². The fourth-order valence-electron chi connectivity index (χ4n) is 3.17. The number of hydrogen-bond acceptors (Lipinski definition) is 3. The highest BCUT2D eigenvalue weighted by molar-refractivity contribution is 7.92. The van der Waals surface area contributed by atoms with Crippen molar-refractivity contribution in [2.75, 3.05) is 4.72 Å². The number of rotatable bonds is 4. The topological polar surface area (TPSA) is 74.8 Å². The zero-order valence-electron chi connectivity index (χ0n) is 14.7. The van der Waals surface area contributed by atoms with E-state index in [4.69, 9.17) is 0 Å². The molecule has 2 N–H and O–H groups in total. The molecule has 3 rings (SSSR count). The van der Waals surface area contributed by atoms with Crippen molar-refractivity contribution in [2.24, 2.45) is 0 Å². The molecular formula is C19H21N3O2S. The number of sulfonamides is 1. The van der Waals surface area contributed by atoms with Gasteiger partial charge in [0.1, 0.15) is 0 Å². The van der Waals surface area contributed by atoms with Crippen molar-refractivity contribution >= 4 is 15.8 Å². The number of anilines is 1. The SMILES string of the molecule is Cc1cc(C)c(S(=O)(=O)Nc2cc(-c3ccccc3C)[nH]n2)c(C)c1. The van der Waals surface area contributed by atoms with Gasteiger partial charge in [-0.15, -0.1) is 0 Å². The van der Waals surface area contributed by atoms with Crippen molar-refractivity contribution < 1.29 is 8.42 Å². The second kappa shape index (κ2) is 6.37. The average molecular weight is 355 g/mol. The first kappa shape index (κ1) is 17.2. The summed E-state index contributed by atoms with van der Waals surface area (Å²) >= 11 is 0. The van der Waals surface area contributed by atoms with E-state index in [0.717, 1.165) is 33.5 Å². The molecule has 0 fully saturated rings. The minimum absolute atomic E-state index is 0.276. The minimum atomic E-state index is -3.70. The van der Waals surface area contributed by atoms with Gasteiger partial charge in [0.25, 0.3) is 10.0 Å². The van der Waals surface area contributed by atoms with Gasteiger partial charge in [-0.3, -0.25) is 9.82 Å². The van der Waals surface area contributed by atoms with Crippen molar-refractivity contribution in [2.45, 2.75) is 32.6 Å². The lowest BCUT2D eigenvalue weighted by molar-refractivity contribution is 0.599. The molecule has 0 radical (unpaired) electrons. The number of aryl methyl sites for hydroxylation is 4. The molecule has 5 nitrogen and oxygen atoms in total. The fraction of sp³-hybridized carbons (Fsp3) is 0.211. The molecule has 0 spiro atoms. The van der Waals surface area contributed by atoms with E-state index >= 15 is 0 Å². The molecule has 0 aliphatic carbocycles. The summed E-state index contributed by atoms with van der Waals surface area (Å²) in [5, 5.41) is 7.00. The van der Waals surface area contributed by atoms with Crippen LogP contribution in [0.25, 0.3) is 11.3 Å². The van der Waals surface area contributed by atoms with E-state index in [-0.39, 0.29) is 5.82 Å². The predicted molar refractivity (Wildman–Crippen MR) is 100 cm³/mol. The molecule has 1 aromatic heterocycles. The summed E-state index contributed by atoms with van der Waals surface area (Å²) in [5.74, 6) is 0.276. The molecule has 0 amide bonds. The van der Waals surface area contributed by atoms with Crippen molar-refractivity contribution in [1.82, 2.24) is 10.2 Å². The summed E-state index contributed by atoms with van der Waals surface area (Å²) in [6.07, 6.45) is 0. The molecule has 1 heterocycles. The Morgan fingerprint density at radius 3 is 2.20 bits per heavy atom. The summed E-state index contributed by atoms with van der Waals surface area (Å²) < 4.78 is 28.2. The smallest absolute Gasteiger partial charge is 0.263 e. The lowest BCUT2D eigenvalue weighted by atomic mass is 10.1. The molecule has 0 unspecified atom stereocenters. The first-order valence-corrected chi connectivity index (χ1v) is 9.48. The molecule has 2 aromatic carbocycles. The molecule has 6 heteroatoms. The molecule has 0 aliphatic rings. The molecule has 0 bridgehead atoms. The molecule has 25 heavy (non-hydrogen) atoms. The Kier molecular flexibility index (Phi) is 4.39. The van der Waals surface area contributed by atoms with Gasteiger partial charge in [-0.05, 0) is 44.4 Å². The highest BCUT2D eigenvalue weighted by Gasteiger charge is 2.21. The number of aromatic amines is 1. The second-order valence-electron chi connectivity index (χ2n) is 6.32. The van der Waals surface area contributed by atoms with Gasteiger partial charge >= 0.3 is 0 Å². The van der Waals surface area contributed by atoms with Gasteiger partial charge in [0.05, 0.1) is 10.6 Å². The average Bonchev–Trinajstić information content (AvgIpc) is 2.93. The van der Waals surface area contributed by atoms with Crippen LogP contribution in [0.5, 0.6) is 0 Å². The van der Waals surface area contributed by atoms with Gasteiger partial charge in [0.2, 0.25) is 0 Å². The van der Waals surface area contributed by atoms with Crippen LogP contribution in [0.3, 0.4) is 0 Å². The molecule has 0 saturated heterocycles. The van der Waals surface area contributed by atoms with Crippen LogP contribution < -0.4 is 4.72 Å². The quantitative estimate of drug-likeness (QED) is 0.739. The van der Waals surface area contributed by atoms with Crippen molar-refractivity contribution in [3.05, 3.63) is 64.7 Å². The number of H-pyrrole nitrogens is 1. The van der Waals surface area contributed by atoms with E-state index in [1.165, 1.54) is 0 Å². The number of benzene rings is 2. The van der Waals surface area contributed by atoms with Gasteiger partial charge in [-0.1, -0.05) is 42.0 Å². The summed E-state index contributed by atoms with van der Waals surface area (Å²) in [6.45, 7) is 7.56. The zero-order chi connectivity index (χ0) is 18.2. The Morgan fingerprint density at radius 2 is 1.56 bits per heavy atom. The second-order valence-corrected chi connectivity index (χ2v) is 7.93. The van der Waals surface area contributed by atoms with Crippen LogP contribution in [0.1, 0.15) is 22.3 Å². The maximum Gasteiger partial charge on any atom is 0.263 e. The van der Waals surface area contributed by atoms with Crippen LogP contribution in [0, 0.1) is 27.7 Å².